The molecular weight excluding hydrogens is 374 g/mol. The van der Waals surface area contributed by atoms with Crippen molar-refractivity contribution in [2.24, 2.45) is 0 Å². The Morgan fingerprint density at radius 1 is 1.18 bits per heavy atom. The first kappa shape index (κ1) is 21.7. The zero-order valence-corrected chi connectivity index (χ0v) is 18.3. The molecule has 2 fully saturated rings. The monoisotopic (exact) mass is 409 g/mol. The Labute approximate surface area is 170 Å². The highest BCUT2D eigenvalue weighted by molar-refractivity contribution is 7.89. The third-order valence-electron chi connectivity index (χ3n) is 5.94. The number of nitrogens with zero attached hydrogens (tertiary/aromatic N) is 2. The van der Waals surface area contributed by atoms with Gasteiger partial charge in [-0.15, -0.1) is 0 Å². The number of unbranched alkanes of at least 4 members (excludes halogenated alkanes) is 1. The van der Waals surface area contributed by atoms with Gasteiger partial charge >= 0.3 is 0 Å². The summed E-state index contributed by atoms with van der Waals surface area (Å²) in [5.74, 6) is 0. The minimum absolute atomic E-state index is 0.0869. The lowest BCUT2D eigenvalue weighted by Crippen LogP contribution is -2.56. The number of piperidine rings is 1. The fourth-order valence-corrected chi connectivity index (χ4v) is 6.27. The molecule has 1 spiro atoms. The van der Waals surface area contributed by atoms with E-state index in [0.29, 0.717) is 24.3 Å². The number of hydrogen-bond donors (Lipinski definition) is 1. The topological polar surface area (TPSA) is 61.9 Å². The highest BCUT2D eigenvalue weighted by Gasteiger charge is 2.53. The lowest BCUT2D eigenvalue weighted by Gasteiger charge is -2.41. The van der Waals surface area contributed by atoms with Gasteiger partial charge in [0.25, 0.3) is 0 Å². The molecule has 2 saturated heterocycles. The highest BCUT2D eigenvalue weighted by atomic mass is 32.2. The maximum absolute atomic E-state index is 13.7. The molecule has 2 aliphatic rings. The minimum Gasteiger partial charge on any atom is -0.358 e. The van der Waals surface area contributed by atoms with Gasteiger partial charge in [0.05, 0.1) is 17.5 Å². The van der Waals surface area contributed by atoms with E-state index in [2.05, 4.69) is 31.2 Å². The summed E-state index contributed by atoms with van der Waals surface area (Å²) in [6.45, 7) is 5.16. The van der Waals surface area contributed by atoms with Gasteiger partial charge in [-0.1, -0.05) is 25.5 Å². The largest absolute Gasteiger partial charge is 0.358 e. The van der Waals surface area contributed by atoms with Crippen molar-refractivity contribution in [2.75, 3.05) is 40.3 Å². The van der Waals surface area contributed by atoms with E-state index in [4.69, 9.17) is 4.74 Å². The van der Waals surface area contributed by atoms with E-state index in [1.807, 2.05) is 12.1 Å². The molecule has 0 bridgehead atoms. The van der Waals surface area contributed by atoms with Crippen molar-refractivity contribution in [3.05, 3.63) is 29.8 Å². The van der Waals surface area contributed by atoms with E-state index >= 15 is 0 Å². The summed E-state index contributed by atoms with van der Waals surface area (Å²) < 4.78 is 35.3. The van der Waals surface area contributed by atoms with Gasteiger partial charge in [-0.05, 0) is 70.7 Å². The van der Waals surface area contributed by atoms with E-state index in [1.165, 1.54) is 0 Å². The van der Waals surface area contributed by atoms with Gasteiger partial charge in [-0.25, -0.2) is 8.42 Å². The Morgan fingerprint density at radius 2 is 1.86 bits per heavy atom. The van der Waals surface area contributed by atoms with Crippen molar-refractivity contribution in [3.8, 4) is 0 Å². The van der Waals surface area contributed by atoms with Gasteiger partial charge < -0.3 is 15.0 Å². The molecule has 6 nitrogen and oxygen atoms in total. The van der Waals surface area contributed by atoms with Crippen LogP contribution in [0.25, 0.3) is 0 Å². The Kier molecular flexibility index (Phi) is 7.15. The third-order valence-corrected chi connectivity index (χ3v) is 7.96. The number of ether oxygens (including phenoxy) is 1. The van der Waals surface area contributed by atoms with Crippen molar-refractivity contribution in [2.45, 2.75) is 62.1 Å². The Balaban J connectivity index is 1.85. The molecule has 2 heterocycles. The number of benzene rings is 1. The second kappa shape index (κ2) is 9.22. The first-order valence-corrected chi connectivity index (χ1v) is 12.0. The van der Waals surface area contributed by atoms with Gasteiger partial charge in [0.15, 0.2) is 0 Å². The van der Waals surface area contributed by atoms with Crippen LogP contribution >= 0.6 is 0 Å². The minimum atomic E-state index is -3.60. The second-order valence-electron chi connectivity index (χ2n) is 8.26. The number of aryl methyl sites for hydroxylation is 1. The molecule has 1 unspecified atom stereocenters. The van der Waals surface area contributed by atoms with E-state index in [9.17, 15) is 8.42 Å². The van der Waals surface area contributed by atoms with E-state index < -0.39 is 15.7 Å². The molecule has 1 N–H and O–H groups in total. The van der Waals surface area contributed by atoms with E-state index in [1.54, 1.807) is 16.4 Å². The maximum atomic E-state index is 13.7. The second-order valence-corrected chi connectivity index (χ2v) is 10.1. The first-order chi connectivity index (χ1) is 13.4. The molecular formula is C21H35N3O3S. The molecule has 28 heavy (non-hydrogen) atoms. The van der Waals surface area contributed by atoms with Gasteiger partial charge in [0, 0.05) is 12.8 Å². The standard InChI is InChI=1S/C21H35N3O3S/c1-4-18-8-10-20(11-9-18)28(25,26)24-19(7-5-6-16-23(2)3)17-27-21(24)12-14-22-15-13-21/h8-11,19,22H,4-7,12-17H2,1-3H3. The van der Waals surface area contributed by atoms with Crippen LogP contribution in [0.1, 0.15) is 44.6 Å². The smallest absolute Gasteiger partial charge is 0.245 e. The van der Waals surface area contributed by atoms with E-state index in [-0.39, 0.29) is 6.04 Å². The molecule has 0 amide bonds. The summed E-state index contributed by atoms with van der Waals surface area (Å²) in [4.78, 5) is 2.55. The first-order valence-electron chi connectivity index (χ1n) is 10.5. The van der Waals surface area contributed by atoms with Crippen LogP contribution in [-0.4, -0.2) is 69.7 Å². The van der Waals surface area contributed by atoms with Crippen molar-refractivity contribution in [1.82, 2.24) is 14.5 Å². The van der Waals surface area contributed by atoms with Crippen LogP contribution in [0.2, 0.25) is 0 Å². The number of nitrogens with one attached hydrogen (secondary N) is 1. The lowest BCUT2D eigenvalue weighted by molar-refractivity contribution is -0.0715. The zero-order chi connectivity index (χ0) is 20.2. The average molecular weight is 410 g/mol. The van der Waals surface area contributed by atoms with Crippen LogP contribution in [0.4, 0.5) is 0 Å². The molecule has 0 saturated carbocycles. The van der Waals surface area contributed by atoms with Crippen LogP contribution in [0.5, 0.6) is 0 Å². The maximum Gasteiger partial charge on any atom is 0.245 e. The van der Waals surface area contributed by atoms with Crippen molar-refractivity contribution in [1.29, 1.82) is 0 Å². The summed E-state index contributed by atoms with van der Waals surface area (Å²) in [6, 6.07) is 7.26. The number of hydrogen-bond acceptors (Lipinski definition) is 5. The lowest BCUT2D eigenvalue weighted by atomic mass is 10.0. The predicted molar refractivity (Wildman–Crippen MR) is 112 cm³/mol. The van der Waals surface area contributed by atoms with Crippen molar-refractivity contribution in [3.63, 3.8) is 0 Å². The van der Waals surface area contributed by atoms with Crippen LogP contribution < -0.4 is 5.32 Å². The SMILES string of the molecule is CCc1ccc(S(=O)(=O)N2C(CCCCN(C)C)COC23CCNCC3)cc1. The molecule has 3 rings (SSSR count). The fourth-order valence-electron chi connectivity index (χ4n) is 4.33. The molecule has 1 atom stereocenters. The molecule has 1 aromatic rings. The Bertz CT molecular complexity index is 728. The normalized spacial score (nSPS) is 22.9. The Morgan fingerprint density at radius 3 is 2.46 bits per heavy atom. The predicted octanol–water partition coefficient (Wildman–Crippen LogP) is 2.45. The molecule has 0 aromatic heterocycles. The Hall–Kier alpha value is -0.990. The van der Waals surface area contributed by atoms with Crippen LogP contribution in [0.15, 0.2) is 29.2 Å². The van der Waals surface area contributed by atoms with Crippen LogP contribution in [0, 0.1) is 0 Å². The highest BCUT2D eigenvalue weighted by Crippen LogP contribution is 2.41. The summed E-state index contributed by atoms with van der Waals surface area (Å²) in [6.07, 6.45) is 5.21. The van der Waals surface area contributed by atoms with Gasteiger partial charge in [0.1, 0.15) is 5.72 Å². The average Bonchev–Trinajstić information content (AvgIpc) is 3.04. The summed E-state index contributed by atoms with van der Waals surface area (Å²) in [7, 11) is 0.534. The quantitative estimate of drug-likeness (QED) is 0.668. The zero-order valence-electron chi connectivity index (χ0n) is 17.5. The number of sulfonamides is 1. The van der Waals surface area contributed by atoms with Crippen molar-refractivity contribution >= 4 is 10.0 Å². The van der Waals surface area contributed by atoms with Gasteiger partial charge in [-0.2, -0.15) is 4.31 Å². The van der Waals surface area contributed by atoms with E-state index in [0.717, 1.165) is 50.9 Å². The third kappa shape index (κ3) is 4.60. The van der Waals surface area contributed by atoms with Crippen LogP contribution in [0.3, 0.4) is 0 Å². The summed E-state index contributed by atoms with van der Waals surface area (Å²) in [5, 5.41) is 3.34. The molecule has 2 aliphatic heterocycles. The number of rotatable bonds is 8. The van der Waals surface area contributed by atoms with Gasteiger partial charge in [0.2, 0.25) is 10.0 Å². The molecule has 158 valence electrons. The summed E-state index contributed by atoms with van der Waals surface area (Å²) in [5.41, 5.74) is 0.452. The van der Waals surface area contributed by atoms with Crippen LogP contribution in [-0.2, 0) is 21.2 Å². The molecule has 0 aliphatic carbocycles. The molecule has 1 aromatic carbocycles. The summed E-state index contributed by atoms with van der Waals surface area (Å²) >= 11 is 0. The fraction of sp³-hybridized carbons (Fsp3) is 0.714. The molecule has 0 radical (unpaired) electrons. The van der Waals surface area contributed by atoms with Crippen molar-refractivity contribution < 1.29 is 13.2 Å². The molecule has 7 heteroatoms. The van der Waals surface area contributed by atoms with Gasteiger partial charge in [-0.3, -0.25) is 0 Å².